The molecule has 0 aliphatic heterocycles. The minimum absolute atomic E-state index is 0.00161. The molecule has 0 aliphatic carbocycles. The van der Waals surface area contributed by atoms with Crippen LogP contribution < -0.4 is 10.2 Å². The number of carbonyl (C=O) groups excluding carboxylic acids is 1. The molecule has 0 heterocycles. The van der Waals surface area contributed by atoms with E-state index in [4.69, 9.17) is 9.05 Å². The van der Waals surface area contributed by atoms with Crippen LogP contribution in [0.4, 0.5) is 0 Å². The van der Waals surface area contributed by atoms with Crippen molar-refractivity contribution in [1.82, 2.24) is 5.32 Å². The van der Waals surface area contributed by atoms with E-state index in [1.54, 1.807) is 6.08 Å². The monoisotopic (exact) mass is 689 g/mol. The second-order valence-electron chi connectivity index (χ2n) is 14.6. The zero-order valence-corrected chi connectivity index (χ0v) is 32.4. The third kappa shape index (κ3) is 33.5. The Bertz CT molecular complexity index is 789. The maximum absolute atomic E-state index is 12.7. The van der Waals surface area contributed by atoms with Gasteiger partial charge in [0.25, 0.3) is 7.82 Å². The number of hydrogen-bond acceptors (Lipinski definition) is 6. The molecule has 1 amide bonds. The summed E-state index contributed by atoms with van der Waals surface area (Å²) < 4.78 is 23.1. The number of hydrogen-bond donors (Lipinski definition) is 2. The molecular weight excluding hydrogens is 611 g/mol. The van der Waals surface area contributed by atoms with Crippen molar-refractivity contribution in [3.63, 3.8) is 0 Å². The van der Waals surface area contributed by atoms with Gasteiger partial charge in [0.1, 0.15) is 13.2 Å². The number of quaternary nitrogens is 1. The molecule has 0 rings (SSSR count). The van der Waals surface area contributed by atoms with Crippen LogP contribution in [0.15, 0.2) is 12.2 Å². The van der Waals surface area contributed by atoms with E-state index in [2.05, 4.69) is 19.2 Å². The summed E-state index contributed by atoms with van der Waals surface area (Å²) in [5.74, 6) is -0.200. The number of unbranched alkanes of at least 4 members (excludes halogenated alkanes) is 22. The van der Waals surface area contributed by atoms with Crippen LogP contribution in [-0.2, 0) is 18.4 Å². The smallest absolute Gasteiger partial charge is 0.268 e. The number of carbonyl (C=O) groups is 1. The maximum Gasteiger partial charge on any atom is 0.268 e. The number of allylic oxidation sites excluding steroid dienone is 1. The summed E-state index contributed by atoms with van der Waals surface area (Å²) in [6, 6.07) is -0.877. The van der Waals surface area contributed by atoms with E-state index < -0.39 is 20.0 Å². The first-order chi connectivity index (χ1) is 22.5. The first-order valence-electron chi connectivity index (χ1n) is 19.6. The van der Waals surface area contributed by atoms with Crippen molar-refractivity contribution in [2.45, 2.75) is 187 Å². The molecule has 2 N–H and O–H groups in total. The van der Waals surface area contributed by atoms with Crippen molar-refractivity contribution in [3.8, 4) is 0 Å². The van der Waals surface area contributed by atoms with Gasteiger partial charge in [-0.2, -0.15) is 0 Å². The lowest BCUT2D eigenvalue weighted by Gasteiger charge is -2.29. The third-order valence-electron chi connectivity index (χ3n) is 8.75. The van der Waals surface area contributed by atoms with Crippen molar-refractivity contribution < 1.29 is 32.9 Å². The second kappa shape index (κ2) is 31.2. The van der Waals surface area contributed by atoms with Gasteiger partial charge in [-0.1, -0.05) is 161 Å². The highest BCUT2D eigenvalue weighted by molar-refractivity contribution is 7.45. The van der Waals surface area contributed by atoms with Crippen LogP contribution in [0.2, 0.25) is 0 Å². The molecule has 3 atom stereocenters. The normalized spacial score (nSPS) is 14.8. The van der Waals surface area contributed by atoms with Crippen LogP contribution in [0.1, 0.15) is 174 Å². The molecule has 0 aromatic heterocycles. The quantitative estimate of drug-likeness (QED) is 0.0297. The Hall–Kier alpha value is -0.760. The molecule has 280 valence electrons. The molecule has 9 heteroatoms. The fourth-order valence-electron chi connectivity index (χ4n) is 5.56. The Kier molecular flexibility index (Phi) is 30.7. The van der Waals surface area contributed by atoms with E-state index >= 15 is 0 Å². The average molecular weight is 689 g/mol. The molecule has 47 heavy (non-hydrogen) atoms. The Morgan fingerprint density at radius 1 is 0.723 bits per heavy atom. The van der Waals surface area contributed by atoms with Crippen molar-refractivity contribution in [2.24, 2.45) is 0 Å². The van der Waals surface area contributed by atoms with Gasteiger partial charge in [-0.05, 0) is 19.3 Å². The zero-order chi connectivity index (χ0) is 35.1. The molecule has 0 saturated carbocycles. The fraction of sp³-hybridized carbons (Fsp3) is 0.921. The van der Waals surface area contributed by atoms with Crippen molar-refractivity contribution >= 4 is 13.7 Å². The SMILES string of the molecule is CCCCCCCCCCCCCCC/C=C/[C@@H](O)[C@H](COP(=O)([O-])OCC[N+](C)(C)C)NC(=O)CCCCCCCCCCCC. The van der Waals surface area contributed by atoms with Gasteiger partial charge in [0.15, 0.2) is 0 Å². The van der Waals surface area contributed by atoms with Gasteiger partial charge in [-0.3, -0.25) is 9.36 Å². The number of amides is 1. The van der Waals surface area contributed by atoms with Gasteiger partial charge >= 0.3 is 0 Å². The Labute approximate surface area is 291 Å². The molecule has 0 bridgehead atoms. The lowest BCUT2D eigenvalue weighted by atomic mass is 10.0. The molecule has 8 nitrogen and oxygen atoms in total. The predicted octanol–water partition coefficient (Wildman–Crippen LogP) is 9.39. The van der Waals surface area contributed by atoms with E-state index in [0.717, 1.165) is 38.5 Å². The standard InChI is InChI=1S/C38H77N2O6P/c1-6-8-10-12-14-16-18-19-20-21-22-23-25-27-29-31-37(41)36(35-46-47(43,44)45-34-33-40(3,4)5)39-38(42)32-30-28-26-24-17-15-13-11-9-7-2/h29,31,36-37,41H,6-28,30,32-35H2,1-5H3,(H-,39,42,43,44)/b31-29+/t36-,37+/m0/s1. The number of nitrogens with one attached hydrogen (secondary N) is 1. The Morgan fingerprint density at radius 2 is 1.15 bits per heavy atom. The summed E-state index contributed by atoms with van der Waals surface area (Å²) in [7, 11) is 1.26. The van der Waals surface area contributed by atoms with E-state index in [0.29, 0.717) is 17.4 Å². The second-order valence-corrected chi connectivity index (χ2v) is 16.1. The number of aliphatic hydroxyl groups is 1. The Morgan fingerprint density at radius 3 is 1.60 bits per heavy atom. The Balaban J connectivity index is 4.50. The molecule has 0 spiro atoms. The van der Waals surface area contributed by atoms with Crippen molar-refractivity contribution in [1.29, 1.82) is 0 Å². The molecule has 0 saturated heterocycles. The highest BCUT2D eigenvalue weighted by Crippen LogP contribution is 2.38. The van der Waals surface area contributed by atoms with Gasteiger partial charge in [-0.25, -0.2) is 0 Å². The first kappa shape index (κ1) is 46.2. The van der Waals surface area contributed by atoms with Crippen LogP contribution in [0, 0.1) is 0 Å². The highest BCUT2D eigenvalue weighted by Gasteiger charge is 2.23. The summed E-state index contributed by atoms with van der Waals surface area (Å²) in [5, 5.41) is 13.7. The summed E-state index contributed by atoms with van der Waals surface area (Å²) in [6.07, 6.45) is 32.5. The maximum atomic E-state index is 12.7. The lowest BCUT2D eigenvalue weighted by molar-refractivity contribution is -0.870. The predicted molar refractivity (Wildman–Crippen MR) is 196 cm³/mol. The van der Waals surface area contributed by atoms with Crippen LogP contribution in [0.5, 0.6) is 0 Å². The van der Waals surface area contributed by atoms with Gasteiger partial charge in [0.2, 0.25) is 5.91 Å². The number of phosphoric ester groups is 1. The number of nitrogens with zero attached hydrogens (tertiary/aromatic N) is 1. The highest BCUT2D eigenvalue weighted by atomic mass is 31.2. The van der Waals surface area contributed by atoms with Crippen LogP contribution in [0.25, 0.3) is 0 Å². The molecule has 0 radical (unpaired) electrons. The van der Waals surface area contributed by atoms with Crippen molar-refractivity contribution in [3.05, 3.63) is 12.2 Å². The molecular formula is C38H77N2O6P. The molecule has 0 aliphatic rings. The van der Waals surface area contributed by atoms with E-state index in [-0.39, 0.29) is 19.1 Å². The summed E-state index contributed by atoms with van der Waals surface area (Å²) in [4.78, 5) is 25.1. The molecule has 0 aromatic carbocycles. The summed E-state index contributed by atoms with van der Waals surface area (Å²) in [6.45, 7) is 4.62. The largest absolute Gasteiger partial charge is 0.756 e. The van der Waals surface area contributed by atoms with E-state index in [1.165, 1.54) is 116 Å². The van der Waals surface area contributed by atoms with Crippen LogP contribution in [-0.4, -0.2) is 68.5 Å². The number of aliphatic hydroxyl groups excluding tert-OH is 1. The summed E-state index contributed by atoms with van der Waals surface area (Å²) >= 11 is 0. The summed E-state index contributed by atoms with van der Waals surface area (Å²) in [5.41, 5.74) is 0. The average Bonchev–Trinajstić information content (AvgIpc) is 3.01. The van der Waals surface area contributed by atoms with Crippen molar-refractivity contribution in [2.75, 3.05) is 40.9 Å². The van der Waals surface area contributed by atoms with E-state index in [1.807, 2.05) is 27.2 Å². The van der Waals surface area contributed by atoms with Gasteiger partial charge in [0.05, 0.1) is 39.9 Å². The lowest BCUT2D eigenvalue weighted by Crippen LogP contribution is -2.45. The zero-order valence-electron chi connectivity index (χ0n) is 31.5. The third-order valence-corrected chi connectivity index (χ3v) is 9.71. The molecule has 1 unspecified atom stereocenters. The number of rotatable bonds is 35. The van der Waals surface area contributed by atoms with Crippen LogP contribution >= 0.6 is 7.82 Å². The first-order valence-corrected chi connectivity index (χ1v) is 21.0. The minimum atomic E-state index is -4.57. The minimum Gasteiger partial charge on any atom is -0.756 e. The fourth-order valence-corrected chi connectivity index (χ4v) is 6.29. The van der Waals surface area contributed by atoms with Gasteiger partial charge in [0, 0.05) is 6.42 Å². The number of phosphoric acid groups is 1. The topological polar surface area (TPSA) is 108 Å². The number of likely N-dealkylation sites (N-methyl/N-ethyl adjacent to an activating group) is 1. The van der Waals surface area contributed by atoms with Crippen LogP contribution in [0.3, 0.4) is 0 Å². The molecule has 0 aromatic rings. The van der Waals surface area contributed by atoms with Gasteiger partial charge in [-0.15, -0.1) is 0 Å². The van der Waals surface area contributed by atoms with Gasteiger partial charge < -0.3 is 28.8 Å². The molecule has 0 fully saturated rings. The van der Waals surface area contributed by atoms with E-state index in [9.17, 15) is 19.4 Å².